The maximum atomic E-state index is 12.7. The highest BCUT2D eigenvalue weighted by Crippen LogP contribution is 2.24. The molecule has 0 radical (unpaired) electrons. The number of para-hydroxylation sites is 1. The largest absolute Gasteiger partial charge is 0.465 e. The molecule has 0 aliphatic carbocycles. The van der Waals surface area contributed by atoms with Gasteiger partial charge in [0.2, 0.25) is 0 Å². The molecule has 28 heavy (non-hydrogen) atoms. The van der Waals surface area contributed by atoms with Crippen LogP contribution in [-0.2, 0) is 4.74 Å². The summed E-state index contributed by atoms with van der Waals surface area (Å²) in [5.74, 6) is -0.0938. The lowest BCUT2D eigenvalue weighted by molar-refractivity contribution is 0.0600. The second-order valence-corrected chi connectivity index (χ2v) is 6.22. The Hall–Kier alpha value is -3.45. The summed E-state index contributed by atoms with van der Waals surface area (Å²) in [7, 11) is 1.28. The molecule has 1 amide bonds. The highest BCUT2D eigenvalue weighted by molar-refractivity contribution is 6.34. The minimum atomic E-state index is -0.528. The second kappa shape index (κ2) is 8.49. The summed E-state index contributed by atoms with van der Waals surface area (Å²) >= 11 is 6.13. The number of anilines is 3. The normalized spacial score (nSPS) is 10.2. The standard InChI is InChI=1S/C20H17ClN4O3/c1-12-22-17(11-18(23-12)24-14-6-4-3-5-7-14)19(26)25-16-10-13(20(27)28-2)8-9-15(16)21/h3-11H,1-2H3,(H,25,26)(H,22,23,24). The molecule has 142 valence electrons. The maximum absolute atomic E-state index is 12.7. The highest BCUT2D eigenvalue weighted by atomic mass is 35.5. The lowest BCUT2D eigenvalue weighted by Gasteiger charge is -2.11. The number of amides is 1. The lowest BCUT2D eigenvalue weighted by Crippen LogP contribution is -2.16. The predicted molar refractivity (Wildman–Crippen MR) is 107 cm³/mol. The van der Waals surface area contributed by atoms with Gasteiger partial charge < -0.3 is 15.4 Å². The molecule has 0 aliphatic heterocycles. The van der Waals surface area contributed by atoms with Crippen LogP contribution in [0.2, 0.25) is 5.02 Å². The van der Waals surface area contributed by atoms with Crippen LogP contribution >= 0.6 is 11.6 Å². The van der Waals surface area contributed by atoms with Crippen LogP contribution in [0.15, 0.2) is 54.6 Å². The van der Waals surface area contributed by atoms with E-state index in [-0.39, 0.29) is 22.0 Å². The number of hydrogen-bond acceptors (Lipinski definition) is 6. The molecule has 3 aromatic rings. The number of ether oxygens (including phenoxy) is 1. The van der Waals surface area contributed by atoms with E-state index >= 15 is 0 Å². The van der Waals surface area contributed by atoms with Crippen molar-refractivity contribution in [1.82, 2.24) is 9.97 Å². The van der Waals surface area contributed by atoms with Crippen LogP contribution in [0.4, 0.5) is 17.2 Å². The zero-order valence-electron chi connectivity index (χ0n) is 15.2. The van der Waals surface area contributed by atoms with Gasteiger partial charge >= 0.3 is 5.97 Å². The number of aryl methyl sites for hydroxylation is 1. The zero-order chi connectivity index (χ0) is 20.1. The topological polar surface area (TPSA) is 93.2 Å². The van der Waals surface area contributed by atoms with Gasteiger partial charge in [-0.1, -0.05) is 29.8 Å². The molecular formula is C20H17ClN4O3. The van der Waals surface area contributed by atoms with Crippen molar-refractivity contribution in [2.24, 2.45) is 0 Å². The number of rotatable bonds is 5. The number of nitrogens with one attached hydrogen (secondary N) is 2. The fraction of sp³-hybridized carbons (Fsp3) is 0.100. The molecule has 0 unspecified atom stereocenters. The maximum Gasteiger partial charge on any atom is 0.337 e. The van der Waals surface area contributed by atoms with Crippen LogP contribution in [0.1, 0.15) is 26.7 Å². The molecule has 2 aromatic carbocycles. The molecule has 0 atom stereocenters. The number of esters is 1. The van der Waals surface area contributed by atoms with Gasteiger partial charge in [-0.3, -0.25) is 4.79 Å². The Morgan fingerprint density at radius 1 is 1.04 bits per heavy atom. The quantitative estimate of drug-likeness (QED) is 0.627. The van der Waals surface area contributed by atoms with Crippen molar-refractivity contribution in [3.8, 4) is 0 Å². The molecular weight excluding hydrogens is 380 g/mol. The van der Waals surface area contributed by atoms with E-state index in [0.29, 0.717) is 11.6 Å². The van der Waals surface area contributed by atoms with Gasteiger partial charge in [0.1, 0.15) is 17.3 Å². The van der Waals surface area contributed by atoms with Crippen LogP contribution in [-0.4, -0.2) is 29.0 Å². The van der Waals surface area contributed by atoms with Crippen LogP contribution < -0.4 is 10.6 Å². The number of methoxy groups -OCH3 is 1. The van der Waals surface area contributed by atoms with Gasteiger partial charge in [-0.05, 0) is 37.3 Å². The van der Waals surface area contributed by atoms with E-state index < -0.39 is 11.9 Å². The van der Waals surface area contributed by atoms with Gasteiger partial charge in [0.15, 0.2) is 0 Å². The molecule has 7 nitrogen and oxygen atoms in total. The molecule has 0 bridgehead atoms. The summed E-state index contributed by atoms with van der Waals surface area (Å²) in [6.07, 6.45) is 0. The number of aromatic nitrogens is 2. The Kier molecular flexibility index (Phi) is 5.86. The fourth-order valence-electron chi connectivity index (χ4n) is 2.47. The first-order valence-electron chi connectivity index (χ1n) is 8.33. The van der Waals surface area contributed by atoms with E-state index in [1.54, 1.807) is 6.92 Å². The van der Waals surface area contributed by atoms with E-state index in [2.05, 4.69) is 25.3 Å². The van der Waals surface area contributed by atoms with Crippen LogP contribution in [0.3, 0.4) is 0 Å². The lowest BCUT2D eigenvalue weighted by atomic mass is 10.2. The Labute approximate surface area is 166 Å². The molecule has 8 heteroatoms. The number of carbonyl (C=O) groups excluding carboxylic acids is 2. The molecule has 0 fully saturated rings. The van der Waals surface area contributed by atoms with Crippen LogP contribution in [0.5, 0.6) is 0 Å². The molecule has 0 saturated heterocycles. The molecule has 1 aromatic heterocycles. The number of benzene rings is 2. The van der Waals surface area contributed by atoms with Crippen LogP contribution in [0, 0.1) is 6.92 Å². The van der Waals surface area contributed by atoms with Gasteiger partial charge in [-0.25, -0.2) is 14.8 Å². The molecule has 3 rings (SSSR count). The van der Waals surface area contributed by atoms with Crippen LogP contribution in [0.25, 0.3) is 0 Å². The van der Waals surface area contributed by atoms with E-state index in [0.717, 1.165) is 5.69 Å². The third-order valence-electron chi connectivity index (χ3n) is 3.75. The monoisotopic (exact) mass is 396 g/mol. The summed E-state index contributed by atoms with van der Waals surface area (Å²) in [6, 6.07) is 15.5. The molecule has 0 saturated carbocycles. The predicted octanol–water partition coefficient (Wildman–Crippen LogP) is 4.22. The number of hydrogen-bond donors (Lipinski definition) is 2. The first-order chi connectivity index (χ1) is 13.5. The van der Waals surface area contributed by atoms with Gasteiger partial charge in [-0.15, -0.1) is 0 Å². The number of nitrogens with zero attached hydrogens (tertiary/aromatic N) is 2. The Morgan fingerprint density at radius 3 is 2.50 bits per heavy atom. The van der Waals surface area contributed by atoms with Gasteiger partial charge in [0, 0.05) is 11.8 Å². The SMILES string of the molecule is COC(=O)c1ccc(Cl)c(NC(=O)c2cc(Nc3ccccc3)nc(C)n2)c1. The first-order valence-corrected chi connectivity index (χ1v) is 8.71. The summed E-state index contributed by atoms with van der Waals surface area (Å²) in [4.78, 5) is 32.8. The van der Waals surface area contributed by atoms with E-state index in [1.165, 1.54) is 31.4 Å². The van der Waals surface area contributed by atoms with Gasteiger partial charge in [0.25, 0.3) is 5.91 Å². The summed E-state index contributed by atoms with van der Waals surface area (Å²) in [5.41, 5.74) is 1.54. The van der Waals surface area contributed by atoms with Crippen molar-refractivity contribution in [2.75, 3.05) is 17.7 Å². The summed E-state index contributed by atoms with van der Waals surface area (Å²) < 4.78 is 4.69. The van der Waals surface area contributed by atoms with Crippen molar-refractivity contribution >= 4 is 40.7 Å². The second-order valence-electron chi connectivity index (χ2n) is 5.82. The van der Waals surface area contributed by atoms with Gasteiger partial charge in [0.05, 0.1) is 23.4 Å². The third-order valence-corrected chi connectivity index (χ3v) is 4.08. The van der Waals surface area contributed by atoms with Crippen molar-refractivity contribution in [3.63, 3.8) is 0 Å². The van der Waals surface area contributed by atoms with Crippen molar-refractivity contribution in [1.29, 1.82) is 0 Å². The molecule has 1 heterocycles. The fourth-order valence-corrected chi connectivity index (χ4v) is 2.63. The Bertz CT molecular complexity index is 1030. The Morgan fingerprint density at radius 2 is 1.79 bits per heavy atom. The third kappa shape index (κ3) is 4.63. The number of halogens is 1. The molecule has 2 N–H and O–H groups in total. The average Bonchev–Trinajstić information content (AvgIpc) is 2.69. The summed E-state index contributed by atoms with van der Waals surface area (Å²) in [6.45, 7) is 1.69. The van der Waals surface area contributed by atoms with E-state index in [1.807, 2.05) is 30.3 Å². The number of carbonyl (C=O) groups is 2. The first kappa shape index (κ1) is 19.3. The highest BCUT2D eigenvalue weighted by Gasteiger charge is 2.15. The Balaban J connectivity index is 1.84. The molecule has 0 spiro atoms. The minimum Gasteiger partial charge on any atom is -0.465 e. The van der Waals surface area contributed by atoms with E-state index in [9.17, 15) is 9.59 Å². The average molecular weight is 397 g/mol. The van der Waals surface area contributed by atoms with E-state index in [4.69, 9.17) is 11.6 Å². The van der Waals surface area contributed by atoms with Crippen molar-refractivity contribution < 1.29 is 14.3 Å². The smallest absolute Gasteiger partial charge is 0.337 e. The molecule has 0 aliphatic rings. The zero-order valence-corrected chi connectivity index (χ0v) is 15.9. The van der Waals surface area contributed by atoms with Crippen molar-refractivity contribution in [2.45, 2.75) is 6.92 Å². The summed E-state index contributed by atoms with van der Waals surface area (Å²) in [5, 5.41) is 6.08. The van der Waals surface area contributed by atoms with Gasteiger partial charge in [-0.2, -0.15) is 0 Å². The minimum absolute atomic E-state index is 0.158. The van der Waals surface area contributed by atoms with Crippen molar-refractivity contribution in [3.05, 3.63) is 76.7 Å².